The molecule has 3 aromatic carbocycles. The van der Waals surface area contributed by atoms with Gasteiger partial charge in [0.25, 0.3) is 5.78 Å². The highest BCUT2D eigenvalue weighted by Gasteiger charge is 2.48. The molecule has 4 aromatic rings. The summed E-state index contributed by atoms with van der Waals surface area (Å²) in [7, 11) is 0. The highest BCUT2D eigenvalue weighted by molar-refractivity contribution is 7.15. The number of rotatable bonds is 9. The minimum Gasteiger partial charge on any atom is -0.507 e. The van der Waals surface area contributed by atoms with Gasteiger partial charge in [0.15, 0.2) is 0 Å². The van der Waals surface area contributed by atoms with Crippen molar-refractivity contribution in [3.05, 3.63) is 106 Å². The zero-order valence-corrected chi connectivity index (χ0v) is 23.3. The van der Waals surface area contributed by atoms with Crippen LogP contribution in [0.5, 0.6) is 11.5 Å². The maximum absolute atomic E-state index is 13.4. The fraction of sp³-hybridized carbons (Fsp3) is 0.226. The number of amides is 1. The van der Waals surface area contributed by atoms with E-state index in [2.05, 4.69) is 10.2 Å². The van der Waals surface area contributed by atoms with Gasteiger partial charge in [-0.1, -0.05) is 54.7 Å². The van der Waals surface area contributed by atoms with Crippen molar-refractivity contribution in [3.63, 3.8) is 0 Å². The molecule has 9 heteroatoms. The number of Topliss-reactive ketones (excluding diaryl/α,β-unsaturated/α-hetero) is 1. The van der Waals surface area contributed by atoms with Crippen molar-refractivity contribution in [1.82, 2.24) is 10.2 Å². The number of ketones is 1. The molecule has 1 fully saturated rings. The number of aryl methyl sites for hydroxylation is 2. The molecular weight excluding hydrogens is 526 g/mol. The van der Waals surface area contributed by atoms with Gasteiger partial charge in [0, 0.05) is 5.56 Å². The summed E-state index contributed by atoms with van der Waals surface area (Å²) in [4.78, 5) is 27.9. The Labute approximate surface area is 236 Å². The Balaban J connectivity index is 1.49. The predicted molar refractivity (Wildman–Crippen MR) is 154 cm³/mol. The zero-order valence-electron chi connectivity index (χ0n) is 22.5. The van der Waals surface area contributed by atoms with Gasteiger partial charge in [-0.05, 0) is 73.4 Å². The molecule has 5 rings (SSSR count). The largest absolute Gasteiger partial charge is 0.507 e. The molecule has 0 saturated carbocycles. The van der Waals surface area contributed by atoms with Crippen LogP contribution in [0.2, 0.25) is 0 Å². The molecule has 1 N–H and O–H groups in total. The summed E-state index contributed by atoms with van der Waals surface area (Å²) in [5.41, 5.74) is 3.22. The van der Waals surface area contributed by atoms with E-state index in [0.29, 0.717) is 40.8 Å². The Morgan fingerprint density at radius 1 is 0.925 bits per heavy atom. The van der Waals surface area contributed by atoms with Crippen LogP contribution in [0.1, 0.15) is 46.6 Å². The monoisotopic (exact) mass is 555 g/mol. The van der Waals surface area contributed by atoms with E-state index in [9.17, 15) is 14.7 Å². The lowest BCUT2D eigenvalue weighted by molar-refractivity contribution is -0.132. The summed E-state index contributed by atoms with van der Waals surface area (Å²) in [5.74, 6) is -0.544. The predicted octanol–water partition coefficient (Wildman–Crippen LogP) is 6.15. The Morgan fingerprint density at radius 3 is 2.25 bits per heavy atom. The number of hydrogen-bond donors (Lipinski definition) is 1. The third-order valence-corrected chi connectivity index (χ3v) is 7.46. The van der Waals surface area contributed by atoms with Gasteiger partial charge in [-0.3, -0.25) is 14.5 Å². The van der Waals surface area contributed by atoms with Gasteiger partial charge in [-0.25, -0.2) is 0 Å². The SMILES string of the molecule is CCCOc1ccc(C2C(=C(O)c3ccc(OCc4ccccc4C)cc3)C(=O)C(=O)N2c2nnc(C)s2)cc1. The lowest BCUT2D eigenvalue weighted by Gasteiger charge is -2.22. The van der Waals surface area contributed by atoms with E-state index in [4.69, 9.17) is 9.47 Å². The minimum absolute atomic E-state index is 0.0198. The first-order chi connectivity index (χ1) is 19.4. The average molecular weight is 556 g/mol. The summed E-state index contributed by atoms with van der Waals surface area (Å²) < 4.78 is 11.6. The number of carbonyl (C=O) groups is 2. The molecular formula is C31H29N3O5S. The molecule has 1 amide bonds. The van der Waals surface area contributed by atoms with Crippen molar-refractivity contribution in [2.24, 2.45) is 0 Å². The number of nitrogens with zero attached hydrogens (tertiary/aromatic N) is 3. The Bertz CT molecular complexity index is 1560. The van der Waals surface area contributed by atoms with Gasteiger partial charge >= 0.3 is 5.91 Å². The number of aliphatic hydroxyl groups is 1. The van der Waals surface area contributed by atoms with E-state index in [1.165, 1.54) is 16.2 Å². The van der Waals surface area contributed by atoms with Gasteiger partial charge in [0.1, 0.15) is 28.9 Å². The standard InChI is InChI=1S/C31H29N3O5S/c1-4-17-38-24-13-9-21(10-14-24)27-26(29(36)30(37)34(27)31-33-32-20(3)40-31)28(35)22-11-15-25(16-12-22)39-18-23-8-6-5-7-19(23)2/h5-16,27,35H,4,17-18H2,1-3H3. The van der Waals surface area contributed by atoms with Crippen LogP contribution in [0.15, 0.2) is 78.4 Å². The van der Waals surface area contributed by atoms with Crippen LogP contribution in [0, 0.1) is 13.8 Å². The highest BCUT2D eigenvalue weighted by Crippen LogP contribution is 2.43. The molecule has 0 aliphatic carbocycles. The topological polar surface area (TPSA) is 102 Å². The van der Waals surface area contributed by atoms with E-state index < -0.39 is 17.7 Å². The first-order valence-electron chi connectivity index (χ1n) is 13.0. The Kier molecular flexibility index (Phi) is 7.93. The van der Waals surface area contributed by atoms with Crippen molar-refractivity contribution in [2.75, 3.05) is 11.5 Å². The van der Waals surface area contributed by atoms with Gasteiger partial charge in [0.2, 0.25) is 5.13 Å². The van der Waals surface area contributed by atoms with Crippen molar-refractivity contribution < 1.29 is 24.2 Å². The minimum atomic E-state index is -0.885. The van der Waals surface area contributed by atoms with E-state index >= 15 is 0 Å². The average Bonchev–Trinajstić information content (AvgIpc) is 3.51. The van der Waals surface area contributed by atoms with Crippen molar-refractivity contribution >= 4 is 33.9 Å². The third kappa shape index (κ3) is 5.46. The normalized spacial score (nSPS) is 16.4. The summed E-state index contributed by atoms with van der Waals surface area (Å²) in [6, 6.07) is 21.1. The molecule has 1 saturated heterocycles. The second-order valence-electron chi connectivity index (χ2n) is 9.43. The summed E-state index contributed by atoms with van der Waals surface area (Å²) in [5, 5.41) is 20.5. The molecule has 8 nitrogen and oxygen atoms in total. The summed E-state index contributed by atoms with van der Waals surface area (Å²) in [6.45, 7) is 6.81. The van der Waals surface area contributed by atoms with Crippen molar-refractivity contribution in [2.45, 2.75) is 39.8 Å². The molecule has 0 bridgehead atoms. The Hall–Kier alpha value is -4.50. The van der Waals surface area contributed by atoms with Gasteiger partial charge in [0.05, 0.1) is 18.2 Å². The molecule has 1 aliphatic rings. The van der Waals surface area contributed by atoms with E-state index in [-0.39, 0.29) is 16.5 Å². The van der Waals surface area contributed by atoms with E-state index in [0.717, 1.165) is 17.5 Å². The molecule has 204 valence electrons. The molecule has 1 aromatic heterocycles. The second kappa shape index (κ2) is 11.7. The first-order valence-corrected chi connectivity index (χ1v) is 13.8. The molecule has 1 unspecified atom stereocenters. The number of aliphatic hydroxyl groups excluding tert-OH is 1. The number of benzene rings is 3. The third-order valence-electron chi connectivity index (χ3n) is 6.62. The Morgan fingerprint density at radius 2 is 1.60 bits per heavy atom. The van der Waals surface area contributed by atoms with Gasteiger partial charge in [-0.15, -0.1) is 10.2 Å². The number of anilines is 1. The number of carbonyl (C=O) groups excluding carboxylic acids is 2. The van der Waals surface area contributed by atoms with Crippen LogP contribution in [-0.2, 0) is 16.2 Å². The fourth-order valence-electron chi connectivity index (χ4n) is 4.49. The van der Waals surface area contributed by atoms with Crippen LogP contribution in [-0.4, -0.2) is 33.6 Å². The molecule has 0 spiro atoms. The second-order valence-corrected chi connectivity index (χ2v) is 10.6. The van der Waals surface area contributed by atoms with Crippen molar-refractivity contribution in [1.29, 1.82) is 0 Å². The first kappa shape index (κ1) is 27.1. The smallest absolute Gasteiger partial charge is 0.301 e. The number of aromatic nitrogens is 2. The molecule has 2 heterocycles. The van der Waals surface area contributed by atoms with Crippen LogP contribution >= 0.6 is 11.3 Å². The highest BCUT2D eigenvalue weighted by atomic mass is 32.1. The number of ether oxygens (including phenoxy) is 2. The quantitative estimate of drug-likeness (QED) is 0.150. The summed E-state index contributed by atoms with van der Waals surface area (Å²) >= 11 is 1.20. The lowest BCUT2D eigenvalue weighted by Crippen LogP contribution is -2.29. The lowest BCUT2D eigenvalue weighted by atomic mass is 9.95. The van der Waals surface area contributed by atoms with Crippen LogP contribution < -0.4 is 14.4 Å². The van der Waals surface area contributed by atoms with Crippen molar-refractivity contribution in [3.8, 4) is 11.5 Å². The summed E-state index contributed by atoms with van der Waals surface area (Å²) in [6.07, 6.45) is 0.869. The maximum Gasteiger partial charge on any atom is 0.301 e. The van der Waals surface area contributed by atoms with Gasteiger partial charge < -0.3 is 14.6 Å². The van der Waals surface area contributed by atoms with Crippen LogP contribution in [0.25, 0.3) is 5.76 Å². The molecule has 1 atom stereocenters. The van der Waals surface area contributed by atoms with Crippen LogP contribution in [0.3, 0.4) is 0 Å². The number of hydrogen-bond acceptors (Lipinski definition) is 8. The zero-order chi connectivity index (χ0) is 28.2. The molecule has 0 radical (unpaired) electrons. The molecule has 1 aliphatic heterocycles. The van der Waals surface area contributed by atoms with Crippen LogP contribution in [0.4, 0.5) is 5.13 Å². The van der Waals surface area contributed by atoms with Gasteiger partial charge in [-0.2, -0.15) is 0 Å². The fourth-order valence-corrected chi connectivity index (χ4v) is 5.21. The van der Waals surface area contributed by atoms with E-state index in [1.807, 2.05) is 38.1 Å². The molecule has 40 heavy (non-hydrogen) atoms. The maximum atomic E-state index is 13.4. The van der Waals surface area contributed by atoms with E-state index in [1.54, 1.807) is 55.5 Å².